The minimum Gasteiger partial charge on any atom is -0.335 e. The van der Waals surface area contributed by atoms with Gasteiger partial charge in [-0.2, -0.15) is 0 Å². The zero-order chi connectivity index (χ0) is 10.0. The Kier molecular flexibility index (Phi) is 2.63. The van der Waals surface area contributed by atoms with E-state index in [0.29, 0.717) is 6.04 Å². The Morgan fingerprint density at radius 2 is 2.00 bits per heavy atom. The van der Waals surface area contributed by atoms with Crippen LogP contribution in [0.25, 0.3) is 0 Å². The third-order valence-electron chi connectivity index (χ3n) is 3.03. The number of rotatable bonds is 2. The molecule has 0 bridgehead atoms. The SMILES string of the molecule is CC1(NC(=O)NC2CC2)CCNCC1. The number of piperidine rings is 1. The summed E-state index contributed by atoms with van der Waals surface area (Å²) in [5.41, 5.74) is -0.00970. The van der Waals surface area contributed by atoms with E-state index in [2.05, 4.69) is 22.9 Å². The number of hydrogen-bond donors (Lipinski definition) is 3. The molecule has 80 valence electrons. The first-order chi connectivity index (χ1) is 6.68. The Hall–Kier alpha value is -0.770. The standard InChI is InChI=1S/C10H19N3O/c1-10(4-6-11-7-5-10)13-9(14)12-8-2-3-8/h8,11H,2-7H2,1H3,(H2,12,13,14). The van der Waals surface area contributed by atoms with E-state index in [9.17, 15) is 4.79 Å². The highest BCUT2D eigenvalue weighted by Gasteiger charge is 2.30. The highest BCUT2D eigenvalue weighted by atomic mass is 16.2. The van der Waals surface area contributed by atoms with Gasteiger partial charge in [-0.05, 0) is 45.7 Å². The summed E-state index contributed by atoms with van der Waals surface area (Å²) in [6.45, 7) is 4.13. The Balaban J connectivity index is 1.78. The molecule has 0 aromatic heterocycles. The Bertz CT molecular complexity index is 219. The normalized spacial score (nSPS) is 25.5. The number of carbonyl (C=O) groups is 1. The van der Waals surface area contributed by atoms with Crippen molar-refractivity contribution in [3.63, 3.8) is 0 Å². The lowest BCUT2D eigenvalue weighted by Crippen LogP contribution is -2.55. The fraction of sp³-hybridized carbons (Fsp3) is 0.900. The predicted octanol–water partition coefficient (Wildman–Crippen LogP) is 0.590. The van der Waals surface area contributed by atoms with Crippen LogP contribution < -0.4 is 16.0 Å². The van der Waals surface area contributed by atoms with Crippen molar-refractivity contribution in [1.29, 1.82) is 0 Å². The van der Waals surface area contributed by atoms with Crippen LogP contribution in [0.4, 0.5) is 4.79 Å². The summed E-state index contributed by atoms with van der Waals surface area (Å²) in [6, 6.07) is 0.456. The van der Waals surface area contributed by atoms with Crippen LogP contribution in [0.1, 0.15) is 32.6 Å². The molecule has 0 unspecified atom stereocenters. The maximum Gasteiger partial charge on any atom is 0.315 e. The second-order valence-corrected chi connectivity index (χ2v) is 4.68. The van der Waals surface area contributed by atoms with Crippen molar-refractivity contribution in [3.8, 4) is 0 Å². The van der Waals surface area contributed by atoms with Crippen LogP contribution in [0.2, 0.25) is 0 Å². The Morgan fingerprint density at radius 1 is 1.36 bits per heavy atom. The molecule has 0 atom stereocenters. The minimum atomic E-state index is -0.00970. The van der Waals surface area contributed by atoms with Gasteiger partial charge in [0.25, 0.3) is 0 Å². The van der Waals surface area contributed by atoms with Crippen molar-refractivity contribution in [2.45, 2.75) is 44.2 Å². The van der Waals surface area contributed by atoms with Crippen LogP contribution in [-0.4, -0.2) is 30.7 Å². The second-order valence-electron chi connectivity index (χ2n) is 4.68. The van der Waals surface area contributed by atoms with E-state index in [-0.39, 0.29) is 11.6 Å². The van der Waals surface area contributed by atoms with Gasteiger partial charge in [-0.1, -0.05) is 0 Å². The predicted molar refractivity (Wildman–Crippen MR) is 55.2 cm³/mol. The molecule has 4 heteroatoms. The summed E-state index contributed by atoms with van der Waals surface area (Å²) in [6.07, 6.45) is 4.33. The van der Waals surface area contributed by atoms with Crippen molar-refractivity contribution >= 4 is 6.03 Å². The third-order valence-corrected chi connectivity index (χ3v) is 3.03. The van der Waals surface area contributed by atoms with E-state index in [4.69, 9.17) is 0 Å². The van der Waals surface area contributed by atoms with Gasteiger partial charge in [0.05, 0.1) is 0 Å². The van der Waals surface area contributed by atoms with Crippen molar-refractivity contribution < 1.29 is 4.79 Å². The molecular weight excluding hydrogens is 178 g/mol. The van der Waals surface area contributed by atoms with Gasteiger partial charge in [-0.15, -0.1) is 0 Å². The fourth-order valence-corrected chi connectivity index (χ4v) is 1.83. The number of nitrogens with one attached hydrogen (secondary N) is 3. The Labute approximate surface area is 84.8 Å². The highest BCUT2D eigenvalue weighted by Crippen LogP contribution is 2.20. The molecule has 2 amide bonds. The lowest BCUT2D eigenvalue weighted by Gasteiger charge is -2.34. The largest absolute Gasteiger partial charge is 0.335 e. The van der Waals surface area contributed by atoms with Crippen LogP contribution in [0.15, 0.2) is 0 Å². The van der Waals surface area contributed by atoms with Crippen LogP contribution >= 0.6 is 0 Å². The van der Waals surface area contributed by atoms with Crippen LogP contribution in [0.3, 0.4) is 0 Å². The molecule has 0 radical (unpaired) electrons. The molecule has 1 aliphatic heterocycles. The smallest absolute Gasteiger partial charge is 0.315 e. The molecular formula is C10H19N3O. The molecule has 1 heterocycles. The monoisotopic (exact) mass is 197 g/mol. The lowest BCUT2D eigenvalue weighted by atomic mass is 9.91. The zero-order valence-corrected chi connectivity index (χ0v) is 8.73. The first-order valence-corrected chi connectivity index (χ1v) is 5.47. The summed E-state index contributed by atoms with van der Waals surface area (Å²) in [4.78, 5) is 11.5. The third kappa shape index (κ3) is 2.61. The summed E-state index contributed by atoms with van der Waals surface area (Å²) < 4.78 is 0. The van der Waals surface area contributed by atoms with E-state index in [1.165, 1.54) is 0 Å². The first-order valence-electron chi connectivity index (χ1n) is 5.47. The van der Waals surface area contributed by atoms with Crippen LogP contribution in [0, 0.1) is 0 Å². The maximum atomic E-state index is 11.5. The zero-order valence-electron chi connectivity index (χ0n) is 8.73. The number of hydrogen-bond acceptors (Lipinski definition) is 2. The molecule has 14 heavy (non-hydrogen) atoms. The fourth-order valence-electron chi connectivity index (χ4n) is 1.83. The first kappa shape index (κ1) is 9.77. The van der Waals surface area contributed by atoms with Crippen molar-refractivity contribution in [2.75, 3.05) is 13.1 Å². The molecule has 2 aliphatic rings. The molecule has 4 nitrogen and oxygen atoms in total. The molecule has 2 rings (SSSR count). The van der Waals surface area contributed by atoms with Gasteiger partial charge in [0.15, 0.2) is 0 Å². The van der Waals surface area contributed by atoms with Gasteiger partial charge in [0.2, 0.25) is 0 Å². The van der Waals surface area contributed by atoms with E-state index in [1.54, 1.807) is 0 Å². The van der Waals surface area contributed by atoms with Gasteiger partial charge in [0, 0.05) is 11.6 Å². The van der Waals surface area contributed by atoms with Gasteiger partial charge in [-0.3, -0.25) is 0 Å². The average Bonchev–Trinajstić information content (AvgIpc) is 2.88. The van der Waals surface area contributed by atoms with Gasteiger partial charge >= 0.3 is 6.03 Å². The van der Waals surface area contributed by atoms with Crippen molar-refractivity contribution in [3.05, 3.63) is 0 Å². The molecule has 1 saturated heterocycles. The maximum absolute atomic E-state index is 11.5. The summed E-state index contributed by atoms with van der Waals surface area (Å²) in [5.74, 6) is 0. The summed E-state index contributed by atoms with van der Waals surface area (Å²) in [7, 11) is 0. The second kappa shape index (κ2) is 3.77. The van der Waals surface area contributed by atoms with E-state index in [1.807, 2.05) is 0 Å². The van der Waals surface area contributed by atoms with E-state index in [0.717, 1.165) is 38.8 Å². The minimum absolute atomic E-state index is 0.00970. The Morgan fingerprint density at radius 3 is 2.57 bits per heavy atom. The molecule has 0 aromatic carbocycles. The average molecular weight is 197 g/mol. The van der Waals surface area contributed by atoms with Gasteiger partial charge in [-0.25, -0.2) is 4.79 Å². The number of urea groups is 1. The van der Waals surface area contributed by atoms with Gasteiger partial charge in [0.1, 0.15) is 0 Å². The molecule has 1 aliphatic carbocycles. The number of carbonyl (C=O) groups excluding carboxylic acids is 1. The van der Waals surface area contributed by atoms with Gasteiger partial charge < -0.3 is 16.0 Å². The molecule has 2 fully saturated rings. The quantitative estimate of drug-likeness (QED) is 0.607. The topological polar surface area (TPSA) is 53.2 Å². The van der Waals surface area contributed by atoms with Crippen LogP contribution in [0.5, 0.6) is 0 Å². The highest BCUT2D eigenvalue weighted by molar-refractivity contribution is 5.75. The number of amides is 2. The van der Waals surface area contributed by atoms with Crippen molar-refractivity contribution in [2.24, 2.45) is 0 Å². The molecule has 0 spiro atoms. The van der Waals surface area contributed by atoms with Crippen LogP contribution in [-0.2, 0) is 0 Å². The molecule has 0 aromatic rings. The molecule has 3 N–H and O–H groups in total. The lowest BCUT2D eigenvalue weighted by molar-refractivity contribution is 0.214. The van der Waals surface area contributed by atoms with E-state index >= 15 is 0 Å². The summed E-state index contributed by atoms with van der Waals surface area (Å²) >= 11 is 0. The van der Waals surface area contributed by atoms with Crippen molar-refractivity contribution in [1.82, 2.24) is 16.0 Å². The summed E-state index contributed by atoms with van der Waals surface area (Å²) in [5, 5.41) is 9.33. The molecule has 1 saturated carbocycles. The van der Waals surface area contributed by atoms with E-state index < -0.39 is 0 Å².